The summed E-state index contributed by atoms with van der Waals surface area (Å²) in [6, 6.07) is 20.0. The van der Waals surface area contributed by atoms with Crippen LogP contribution in [-0.2, 0) is 14.3 Å². The molecule has 5 rings (SSSR count). The van der Waals surface area contributed by atoms with Crippen LogP contribution in [-0.4, -0.2) is 23.5 Å². The maximum atomic E-state index is 13.3. The van der Waals surface area contributed by atoms with E-state index in [1.165, 1.54) is 11.3 Å². The number of hydrogen-bond donors (Lipinski definition) is 1. The first-order valence-electron chi connectivity index (χ1n) is 11.5. The molecule has 0 unspecified atom stereocenters. The second kappa shape index (κ2) is 10.4. The minimum Gasteiger partial charge on any atom is -0.462 e. The van der Waals surface area contributed by atoms with Crippen LogP contribution in [0.5, 0.6) is 0 Å². The molecule has 3 aromatic heterocycles. The van der Waals surface area contributed by atoms with Gasteiger partial charge in [-0.3, -0.25) is 4.79 Å². The van der Waals surface area contributed by atoms with Crippen molar-refractivity contribution in [2.75, 3.05) is 11.9 Å². The maximum Gasteiger partial charge on any atom is 0.346 e. The Kier molecular flexibility index (Phi) is 6.87. The van der Waals surface area contributed by atoms with Crippen molar-refractivity contribution in [1.82, 2.24) is 4.98 Å². The smallest absolute Gasteiger partial charge is 0.346 e. The van der Waals surface area contributed by atoms with E-state index in [0.717, 1.165) is 16.7 Å². The van der Waals surface area contributed by atoms with Crippen LogP contribution in [0.25, 0.3) is 36.6 Å². The molecule has 188 valence electrons. The molecule has 0 saturated carbocycles. The highest BCUT2D eigenvalue weighted by atomic mass is 32.2. The Morgan fingerprint density at radius 3 is 2.58 bits per heavy atom. The number of amides is 1. The third-order valence-electron chi connectivity index (χ3n) is 5.75. The van der Waals surface area contributed by atoms with Crippen molar-refractivity contribution in [3.8, 4) is 16.6 Å². The third-order valence-corrected chi connectivity index (χ3v) is 8.03. The fraction of sp³-hybridized carbons (Fsp3) is 0.107. The van der Waals surface area contributed by atoms with E-state index < -0.39 is 17.5 Å². The Morgan fingerprint density at radius 1 is 1.11 bits per heavy atom. The molecule has 10 heteroatoms. The lowest BCUT2D eigenvalue weighted by Gasteiger charge is -2.12. The molecule has 0 bridgehead atoms. The Balaban J connectivity index is 1.53. The third kappa shape index (κ3) is 4.61. The van der Waals surface area contributed by atoms with Gasteiger partial charge < -0.3 is 14.5 Å². The standard InChI is InChI=1S/C28H19N3O5S2/c1-3-35-27(34)21(15(2)16-9-5-4-6-10-16)23(32)31-25-19(14-29)22-28(38-25)37-24(30-22)18-13-17-11-7-8-12-20(17)36-26(18)33/h4-13H,3H2,1-2H3,(H,31,32)/b21-15-. The zero-order valence-electron chi connectivity index (χ0n) is 20.2. The number of thiazole rings is 1. The van der Waals surface area contributed by atoms with Gasteiger partial charge in [-0.25, -0.2) is 14.6 Å². The van der Waals surface area contributed by atoms with Gasteiger partial charge in [0.05, 0.1) is 12.2 Å². The summed E-state index contributed by atoms with van der Waals surface area (Å²) in [5.74, 6) is -1.45. The van der Waals surface area contributed by atoms with Gasteiger partial charge in [-0.05, 0) is 37.1 Å². The van der Waals surface area contributed by atoms with Crippen LogP contribution < -0.4 is 10.9 Å². The average molecular weight is 542 g/mol. The zero-order valence-corrected chi connectivity index (χ0v) is 21.9. The number of fused-ring (bicyclic) bond motifs is 2. The Bertz CT molecular complexity index is 1840. The summed E-state index contributed by atoms with van der Waals surface area (Å²) in [6.07, 6.45) is 0. The summed E-state index contributed by atoms with van der Waals surface area (Å²) in [5, 5.41) is 14.0. The van der Waals surface area contributed by atoms with Crippen LogP contribution in [0, 0.1) is 11.3 Å². The Morgan fingerprint density at radius 2 is 1.84 bits per heavy atom. The van der Waals surface area contributed by atoms with E-state index in [1.54, 1.807) is 56.3 Å². The van der Waals surface area contributed by atoms with Crippen LogP contribution >= 0.6 is 22.7 Å². The molecule has 0 atom stereocenters. The predicted molar refractivity (Wildman–Crippen MR) is 148 cm³/mol. The summed E-state index contributed by atoms with van der Waals surface area (Å²) in [6.45, 7) is 3.43. The van der Waals surface area contributed by atoms with Crippen molar-refractivity contribution in [3.05, 3.63) is 87.8 Å². The number of esters is 1. The summed E-state index contributed by atoms with van der Waals surface area (Å²) in [5.41, 5.74) is 1.73. The highest BCUT2D eigenvalue weighted by Gasteiger charge is 2.27. The monoisotopic (exact) mass is 541 g/mol. The first-order chi connectivity index (χ1) is 18.4. The Labute approximate surface area is 224 Å². The molecule has 0 spiro atoms. The first-order valence-corrected chi connectivity index (χ1v) is 13.2. The van der Waals surface area contributed by atoms with Gasteiger partial charge in [0.2, 0.25) is 0 Å². The van der Waals surface area contributed by atoms with E-state index in [0.29, 0.717) is 31.3 Å². The quantitative estimate of drug-likeness (QED) is 0.0923. The number of para-hydroxylation sites is 1. The Hall–Kier alpha value is -4.59. The van der Waals surface area contributed by atoms with Crippen LogP contribution in [0.3, 0.4) is 0 Å². The molecular weight excluding hydrogens is 522 g/mol. The zero-order chi connectivity index (χ0) is 26.8. The topological polar surface area (TPSA) is 122 Å². The van der Waals surface area contributed by atoms with Gasteiger partial charge in [0.25, 0.3) is 5.91 Å². The van der Waals surface area contributed by atoms with Gasteiger partial charge in [-0.15, -0.1) is 22.7 Å². The van der Waals surface area contributed by atoms with E-state index in [9.17, 15) is 19.6 Å². The van der Waals surface area contributed by atoms with E-state index in [2.05, 4.69) is 16.4 Å². The average Bonchev–Trinajstić information content (AvgIpc) is 3.46. The predicted octanol–water partition coefficient (Wildman–Crippen LogP) is 5.98. The lowest BCUT2D eigenvalue weighted by atomic mass is 10.0. The van der Waals surface area contributed by atoms with E-state index in [1.807, 2.05) is 18.2 Å². The molecule has 5 aromatic rings. The van der Waals surface area contributed by atoms with Crippen molar-refractivity contribution >= 4 is 65.6 Å². The van der Waals surface area contributed by atoms with Gasteiger partial charge in [0.15, 0.2) is 0 Å². The number of benzene rings is 2. The molecule has 0 aliphatic carbocycles. The number of allylic oxidation sites excluding steroid dienone is 1. The van der Waals surface area contributed by atoms with Crippen molar-refractivity contribution in [2.24, 2.45) is 0 Å². The molecule has 0 aliphatic heterocycles. The van der Waals surface area contributed by atoms with Crippen molar-refractivity contribution in [1.29, 1.82) is 5.26 Å². The van der Waals surface area contributed by atoms with Crippen molar-refractivity contribution in [2.45, 2.75) is 13.8 Å². The number of aromatic nitrogens is 1. The minimum atomic E-state index is -0.758. The van der Waals surface area contributed by atoms with E-state index in [4.69, 9.17) is 9.15 Å². The summed E-state index contributed by atoms with van der Waals surface area (Å²) in [7, 11) is 0. The lowest BCUT2D eigenvalue weighted by Crippen LogP contribution is -2.23. The molecule has 38 heavy (non-hydrogen) atoms. The molecule has 0 saturated heterocycles. The van der Waals surface area contributed by atoms with Crippen molar-refractivity contribution < 1.29 is 18.7 Å². The largest absolute Gasteiger partial charge is 0.462 e. The fourth-order valence-electron chi connectivity index (χ4n) is 3.92. The summed E-state index contributed by atoms with van der Waals surface area (Å²) in [4.78, 5) is 43.2. The number of carbonyl (C=O) groups excluding carboxylic acids is 2. The molecular formula is C28H19N3O5S2. The number of nitrogens with one attached hydrogen (secondary N) is 1. The van der Waals surface area contributed by atoms with Gasteiger partial charge in [-0.1, -0.05) is 48.5 Å². The van der Waals surface area contributed by atoms with Crippen LogP contribution in [0.15, 0.2) is 75.4 Å². The summed E-state index contributed by atoms with van der Waals surface area (Å²) >= 11 is 2.36. The number of nitrogens with zero attached hydrogens (tertiary/aromatic N) is 2. The van der Waals surface area contributed by atoms with Crippen LogP contribution in [0.2, 0.25) is 0 Å². The molecule has 0 fully saturated rings. The second-order valence-corrected chi connectivity index (χ2v) is 10.4. The van der Waals surface area contributed by atoms with Crippen molar-refractivity contribution in [3.63, 3.8) is 0 Å². The number of carbonyl (C=O) groups is 2. The van der Waals surface area contributed by atoms with Crippen LogP contribution in [0.1, 0.15) is 25.0 Å². The van der Waals surface area contributed by atoms with Gasteiger partial charge in [-0.2, -0.15) is 5.26 Å². The normalized spacial score (nSPS) is 11.7. The number of ether oxygens (including phenoxy) is 1. The molecule has 1 N–H and O–H groups in total. The van der Waals surface area contributed by atoms with Gasteiger partial charge in [0, 0.05) is 5.39 Å². The van der Waals surface area contributed by atoms with E-state index >= 15 is 0 Å². The highest BCUT2D eigenvalue weighted by Crippen LogP contribution is 2.41. The second-order valence-electron chi connectivity index (χ2n) is 8.10. The van der Waals surface area contributed by atoms with Gasteiger partial charge in [0.1, 0.15) is 42.3 Å². The number of hydrogen-bond acceptors (Lipinski definition) is 9. The molecule has 0 radical (unpaired) electrons. The SMILES string of the molecule is CCOC(=O)/C(C(=O)Nc1sc2sc(-c3cc4ccccc4oc3=O)nc2c1C#N)=C(/C)c1ccccc1. The number of thiophene rings is 1. The molecule has 3 heterocycles. The summed E-state index contributed by atoms with van der Waals surface area (Å²) < 4.78 is 11.2. The molecule has 2 aromatic carbocycles. The number of rotatable bonds is 6. The molecule has 8 nitrogen and oxygen atoms in total. The number of nitriles is 1. The highest BCUT2D eigenvalue weighted by molar-refractivity contribution is 7.41. The van der Waals surface area contributed by atoms with E-state index in [-0.39, 0.29) is 28.3 Å². The number of anilines is 1. The minimum absolute atomic E-state index is 0.102. The van der Waals surface area contributed by atoms with Gasteiger partial charge >= 0.3 is 11.6 Å². The fourth-order valence-corrected chi connectivity index (χ4v) is 6.20. The molecule has 0 aliphatic rings. The lowest BCUT2D eigenvalue weighted by molar-refractivity contribution is -0.139. The molecule has 1 amide bonds. The first kappa shape index (κ1) is 25.1. The maximum absolute atomic E-state index is 13.3. The van der Waals surface area contributed by atoms with Crippen LogP contribution in [0.4, 0.5) is 5.00 Å².